The number of ether oxygens (including phenoxy) is 2. The highest BCUT2D eigenvalue weighted by Gasteiger charge is 2.05. The molecule has 16 heavy (non-hydrogen) atoms. The number of esters is 1. The molecule has 1 atom stereocenters. The monoisotopic (exact) mass is 286 g/mol. The predicted molar refractivity (Wildman–Crippen MR) is 66.2 cm³/mol. The summed E-state index contributed by atoms with van der Waals surface area (Å²) >= 11 is 3.39. The van der Waals surface area contributed by atoms with Crippen molar-refractivity contribution in [3.05, 3.63) is 29.8 Å². The molecule has 0 saturated carbocycles. The smallest absolute Gasteiger partial charge is 0.337 e. The molecular weight excluding hydrogens is 272 g/mol. The number of rotatable bonds is 5. The highest BCUT2D eigenvalue weighted by atomic mass is 79.9. The van der Waals surface area contributed by atoms with Crippen LogP contribution in [0.4, 0.5) is 0 Å². The van der Waals surface area contributed by atoms with Gasteiger partial charge in [0.1, 0.15) is 5.75 Å². The molecule has 3 nitrogen and oxygen atoms in total. The van der Waals surface area contributed by atoms with E-state index in [-0.39, 0.29) is 5.97 Å². The second kappa shape index (κ2) is 6.53. The third kappa shape index (κ3) is 3.85. The quantitative estimate of drug-likeness (QED) is 0.617. The molecule has 0 aliphatic carbocycles. The highest BCUT2D eigenvalue weighted by molar-refractivity contribution is 9.09. The fourth-order valence-electron chi connectivity index (χ4n) is 1.09. The second-order valence-electron chi connectivity index (χ2n) is 3.59. The van der Waals surface area contributed by atoms with Crippen LogP contribution in [0.25, 0.3) is 0 Å². The molecule has 1 aromatic carbocycles. The van der Waals surface area contributed by atoms with Crippen LogP contribution < -0.4 is 4.74 Å². The van der Waals surface area contributed by atoms with E-state index in [9.17, 15) is 4.79 Å². The number of alkyl halides is 1. The van der Waals surface area contributed by atoms with Crippen LogP contribution in [0.2, 0.25) is 0 Å². The molecule has 0 fully saturated rings. The van der Waals surface area contributed by atoms with E-state index < -0.39 is 0 Å². The molecule has 0 spiro atoms. The van der Waals surface area contributed by atoms with Gasteiger partial charge in [-0.1, -0.05) is 22.9 Å². The van der Waals surface area contributed by atoms with Gasteiger partial charge in [-0.25, -0.2) is 4.79 Å². The maximum Gasteiger partial charge on any atom is 0.337 e. The van der Waals surface area contributed by atoms with Crippen molar-refractivity contribution < 1.29 is 14.3 Å². The van der Waals surface area contributed by atoms with Crippen LogP contribution >= 0.6 is 15.9 Å². The van der Waals surface area contributed by atoms with Gasteiger partial charge < -0.3 is 9.47 Å². The lowest BCUT2D eigenvalue weighted by Gasteiger charge is -2.10. The van der Waals surface area contributed by atoms with Crippen LogP contribution in [0, 0.1) is 5.92 Å². The lowest BCUT2D eigenvalue weighted by Crippen LogP contribution is -2.09. The minimum absolute atomic E-state index is 0.333. The summed E-state index contributed by atoms with van der Waals surface area (Å²) in [6.45, 7) is 2.75. The summed E-state index contributed by atoms with van der Waals surface area (Å²) in [5, 5.41) is 0.910. The van der Waals surface area contributed by atoms with Crippen LogP contribution in [0.5, 0.6) is 5.75 Å². The van der Waals surface area contributed by atoms with Crippen molar-refractivity contribution in [3.63, 3.8) is 0 Å². The standard InChI is InChI=1S/C12H15BrO3/c1-9(7-13)8-16-11-5-3-10(4-6-11)12(14)15-2/h3-6,9H,7-8H2,1-2H3. The van der Waals surface area contributed by atoms with Gasteiger partial charge in [0.2, 0.25) is 0 Å². The SMILES string of the molecule is COC(=O)c1ccc(OCC(C)CBr)cc1. The number of methoxy groups -OCH3 is 1. The van der Waals surface area contributed by atoms with E-state index in [4.69, 9.17) is 4.74 Å². The molecule has 1 aromatic rings. The Morgan fingerprint density at radius 3 is 2.50 bits per heavy atom. The summed E-state index contributed by atoms with van der Waals surface area (Å²) in [4.78, 5) is 11.2. The zero-order valence-corrected chi connectivity index (χ0v) is 11.0. The van der Waals surface area contributed by atoms with Gasteiger partial charge in [-0.3, -0.25) is 0 Å². The normalized spacial score (nSPS) is 11.9. The van der Waals surface area contributed by atoms with Crippen LogP contribution in [0.15, 0.2) is 24.3 Å². The zero-order valence-electron chi connectivity index (χ0n) is 9.40. The molecule has 0 aromatic heterocycles. The number of benzene rings is 1. The number of halogens is 1. The van der Waals surface area contributed by atoms with Gasteiger partial charge in [0.05, 0.1) is 19.3 Å². The Kier molecular flexibility index (Phi) is 5.32. The summed E-state index contributed by atoms with van der Waals surface area (Å²) in [7, 11) is 1.37. The molecule has 0 radical (unpaired) electrons. The van der Waals surface area contributed by atoms with Gasteiger partial charge in [0, 0.05) is 5.33 Å². The lowest BCUT2D eigenvalue weighted by atomic mass is 10.2. The van der Waals surface area contributed by atoms with Crippen molar-refractivity contribution >= 4 is 21.9 Å². The molecule has 0 saturated heterocycles. The Labute approximate surface area is 104 Å². The second-order valence-corrected chi connectivity index (χ2v) is 4.23. The van der Waals surface area contributed by atoms with Crippen molar-refractivity contribution in [1.29, 1.82) is 0 Å². The summed E-state index contributed by atoms with van der Waals surface area (Å²) in [5.41, 5.74) is 0.531. The van der Waals surface area contributed by atoms with Crippen LogP contribution in [0.1, 0.15) is 17.3 Å². The Morgan fingerprint density at radius 1 is 1.38 bits per heavy atom. The maximum atomic E-state index is 11.2. The third-order valence-electron chi connectivity index (χ3n) is 2.07. The number of hydrogen-bond donors (Lipinski definition) is 0. The fourth-order valence-corrected chi connectivity index (χ4v) is 1.28. The van der Waals surface area contributed by atoms with Crippen molar-refractivity contribution in [1.82, 2.24) is 0 Å². The molecule has 4 heteroatoms. The zero-order chi connectivity index (χ0) is 12.0. The highest BCUT2D eigenvalue weighted by Crippen LogP contribution is 2.14. The fraction of sp³-hybridized carbons (Fsp3) is 0.417. The predicted octanol–water partition coefficient (Wildman–Crippen LogP) is 2.88. The van der Waals surface area contributed by atoms with Crippen LogP contribution in [0.3, 0.4) is 0 Å². The van der Waals surface area contributed by atoms with Gasteiger partial charge in [0.25, 0.3) is 0 Å². The summed E-state index contributed by atoms with van der Waals surface area (Å²) in [6.07, 6.45) is 0. The molecule has 0 bridgehead atoms. The van der Waals surface area contributed by atoms with E-state index in [2.05, 4.69) is 27.6 Å². The van der Waals surface area contributed by atoms with E-state index >= 15 is 0 Å². The van der Waals surface area contributed by atoms with Crippen LogP contribution in [-0.4, -0.2) is 25.0 Å². The van der Waals surface area contributed by atoms with Crippen molar-refractivity contribution in [2.45, 2.75) is 6.92 Å². The molecule has 0 aliphatic heterocycles. The summed E-state index contributed by atoms with van der Waals surface area (Å²) in [5.74, 6) is 0.890. The number of carbonyl (C=O) groups is 1. The van der Waals surface area contributed by atoms with Crippen molar-refractivity contribution in [3.8, 4) is 5.75 Å². The lowest BCUT2D eigenvalue weighted by molar-refractivity contribution is 0.0600. The molecule has 1 unspecified atom stereocenters. The van der Waals surface area contributed by atoms with Gasteiger partial charge >= 0.3 is 5.97 Å². The largest absolute Gasteiger partial charge is 0.493 e. The van der Waals surface area contributed by atoms with Crippen LogP contribution in [-0.2, 0) is 4.74 Å². The maximum absolute atomic E-state index is 11.2. The first-order valence-electron chi connectivity index (χ1n) is 5.04. The summed E-state index contributed by atoms with van der Waals surface area (Å²) < 4.78 is 10.2. The Bertz CT molecular complexity index is 335. The average Bonchev–Trinajstić information content (AvgIpc) is 2.35. The topological polar surface area (TPSA) is 35.5 Å². The Morgan fingerprint density at radius 2 is 2.00 bits per heavy atom. The van der Waals surface area contributed by atoms with E-state index in [1.54, 1.807) is 24.3 Å². The third-order valence-corrected chi connectivity index (χ3v) is 3.18. The molecule has 0 heterocycles. The number of hydrogen-bond acceptors (Lipinski definition) is 3. The molecule has 1 rings (SSSR count). The molecule has 0 N–H and O–H groups in total. The molecular formula is C12H15BrO3. The summed E-state index contributed by atoms with van der Waals surface area (Å²) in [6, 6.07) is 6.93. The van der Waals surface area contributed by atoms with E-state index in [1.165, 1.54) is 7.11 Å². The average molecular weight is 287 g/mol. The minimum atomic E-state index is -0.333. The molecule has 0 aliphatic rings. The molecule has 0 amide bonds. The first-order valence-corrected chi connectivity index (χ1v) is 6.16. The number of carbonyl (C=O) groups excluding carboxylic acids is 1. The van der Waals surface area contributed by atoms with Gasteiger partial charge in [-0.2, -0.15) is 0 Å². The van der Waals surface area contributed by atoms with Crippen molar-refractivity contribution in [2.24, 2.45) is 5.92 Å². The first kappa shape index (κ1) is 13.0. The molecule has 88 valence electrons. The van der Waals surface area contributed by atoms with E-state index in [0.717, 1.165) is 11.1 Å². The Hall–Kier alpha value is -1.03. The first-order chi connectivity index (χ1) is 7.67. The van der Waals surface area contributed by atoms with Gasteiger partial charge in [-0.15, -0.1) is 0 Å². The Balaban J connectivity index is 2.54. The minimum Gasteiger partial charge on any atom is -0.493 e. The van der Waals surface area contributed by atoms with Gasteiger partial charge in [0.15, 0.2) is 0 Å². The van der Waals surface area contributed by atoms with E-state index in [1.807, 2.05) is 0 Å². The van der Waals surface area contributed by atoms with Crippen molar-refractivity contribution in [2.75, 3.05) is 19.0 Å². The van der Waals surface area contributed by atoms with Gasteiger partial charge in [-0.05, 0) is 30.2 Å². The van der Waals surface area contributed by atoms with E-state index in [0.29, 0.717) is 18.1 Å².